The number of hydrogen-bond acceptors (Lipinski definition) is 5. The van der Waals surface area contributed by atoms with E-state index in [1.807, 2.05) is 0 Å². The number of rotatable bonds is 2. The highest BCUT2D eigenvalue weighted by Crippen LogP contribution is 2.19. The average Bonchev–Trinajstić information content (AvgIpc) is 2.04. The first-order valence-electron chi connectivity index (χ1n) is 3.24. The van der Waals surface area contributed by atoms with Crippen molar-refractivity contribution in [2.75, 3.05) is 7.11 Å². The van der Waals surface area contributed by atoms with E-state index in [4.69, 9.17) is 15.2 Å². The number of pyridine rings is 1. The summed E-state index contributed by atoms with van der Waals surface area (Å²) >= 11 is 0. The van der Waals surface area contributed by atoms with Crippen LogP contribution in [0.25, 0.3) is 0 Å². The van der Waals surface area contributed by atoms with E-state index in [0.29, 0.717) is 0 Å². The van der Waals surface area contributed by atoms with E-state index in [1.165, 1.54) is 19.4 Å². The Bertz CT molecular complexity index is 278. The maximum atomic E-state index is 9.13. The molecule has 0 radical (unpaired) electrons. The molecule has 0 atom stereocenters. The minimum atomic E-state index is -1.63. The molecule has 1 heterocycles. The normalized spacial score (nSPS) is 9.58. The van der Waals surface area contributed by atoms with Crippen molar-refractivity contribution in [3.8, 4) is 11.6 Å². The molecule has 0 aliphatic heterocycles. The lowest BCUT2D eigenvalue weighted by Gasteiger charge is -2.03. The summed E-state index contributed by atoms with van der Waals surface area (Å²) in [5.41, 5.74) is 0.119. The lowest BCUT2D eigenvalue weighted by atomic mass is 9.82. The highest BCUT2D eigenvalue weighted by atomic mass is 16.5. The standard InChI is InChI=1S/C6H8BNO4/c1-12-6-5(9)2-4(3-8-6)7(10)11/h2-3,9-11H,1H3. The number of methoxy groups -OCH3 is 1. The van der Waals surface area contributed by atoms with Gasteiger partial charge in [-0.1, -0.05) is 0 Å². The SMILES string of the molecule is COc1ncc(B(O)O)cc1O. The lowest BCUT2D eigenvalue weighted by molar-refractivity contribution is 0.358. The van der Waals surface area contributed by atoms with Crippen LogP contribution in [0.5, 0.6) is 11.6 Å². The molecule has 5 nitrogen and oxygen atoms in total. The van der Waals surface area contributed by atoms with Crippen LogP contribution in [-0.4, -0.2) is 34.4 Å². The first-order chi connectivity index (χ1) is 5.65. The fourth-order valence-corrected chi connectivity index (χ4v) is 0.755. The van der Waals surface area contributed by atoms with Gasteiger partial charge in [0.25, 0.3) is 5.88 Å². The smallest absolute Gasteiger partial charge is 0.490 e. The van der Waals surface area contributed by atoms with Crippen LogP contribution in [0.15, 0.2) is 12.3 Å². The molecule has 1 aromatic heterocycles. The number of hydrogen-bond donors (Lipinski definition) is 3. The van der Waals surface area contributed by atoms with Crippen LogP contribution in [0.2, 0.25) is 0 Å². The Morgan fingerprint density at radius 1 is 1.50 bits per heavy atom. The van der Waals surface area contributed by atoms with E-state index in [1.54, 1.807) is 0 Å². The molecule has 0 aromatic carbocycles. The summed E-state index contributed by atoms with van der Waals surface area (Å²) in [5, 5.41) is 26.5. The van der Waals surface area contributed by atoms with Gasteiger partial charge in [-0.15, -0.1) is 0 Å². The Kier molecular flexibility index (Phi) is 2.52. The predicted octanol–water partition coefficient (Wildman–Crippen LogP) is -1.52. The van der Waals surface area contributed by atoms with Crippen molar-refractivity contribution in [2.24, 2.45) is 0 Å². The molecular formula is C6H8BNO4. The van der Waals surface area contributed by atoms with Crippen LogP contribution in [0, 0.1) is 0 Å². The molecule has 0 spiro atoms. The Morgan fingerprint density at radius 3 is 2.58 bits per heavy atom. The zero-order chi connectivity index (χ0) is 9.14. The van der Waals surface area contributed by atoms with Crippen molar-refractivity contribution >= 4 is 12.6 Å². The van der Waals surface area contributed by atoms with Crippen LogP contribution in [0.1, 0.15) is 0 Å². The van der Waals surface area contributed by atoms with E-state index in [-0.39, 0.29) is 17.1 Å². The van der Waals surface area contributed by atoms with E-state index in [0.717, 1.165) is 0 Å². The zero-order valence-corrected chi connectivity index (χ0v) is 6.43. The summed E-state index contributed by atoms with van der Waals surface area (Å²) in [4.78, 5) is 3.63. The number of nitrogens with zero attached hydrogens (tertiary/aromatic N) is 1. The third-order valence-electron chi connectivity index (χ3n) is 1.34. The Hall–Kier alpha value is -1.27. The van der Waals surface area contributed by atoms with Gasteiger partial charge >= 0.3 is 7.12 Å². The number of aromatic hydroxyl groups is 1. The van der Waals surface area contributed by atoms with E-state index >= 15 is 0 Å². The molecule has 1 rings (SSSR count). The first kappa shape index (κ1) is 8.83. The largest absolute Gasteiger partial charge is 0.503 e. The summed E-state index contributed by atoms with van der Waals surface area (Å²) in [5.74, 6) is -0.164. The minimum Gasteiger partial charge on any atom is -0.503 e. The van der Waals surface area contributed by atoms with Gasteiger partial charge < -0.3 is 19.9 Å². The summed E-state index contributed by atoms with van der Waals surface area (Å²) < 4.78 is 4.66. The van der Waals surface area contributed by atoms with Crippen LogP contribution in [0.3, 0.4) is 0 Å². The Labute approximate surface area is 69.4 Å². The summed E-state index contributed by atoms with van der Waals surface area (Å²) in [6.45, 7) is 0. The molecule has 6 heteroatoms. The molecular weight excluding hydrogens is 161 g/mol. The van der Waals surface area contributed by atoms with Gasteiger partial charge in [-0.2, -0.15) is 0 Å². The van der Waals surface area contributed by atoms with Crippen molar-refractivity contribution in [1.82, 2.24) is 4.98 Å². The van der Waals surface area contributed by atoms with Gasteiger partial charge in [-0.25, -0.2) is 4.98 Å². The number of ether oxygens (including phenoxy) is 1. The van der Waals surface area contributed by atoms with Crippen molar-refractivity contribution in [3.05, 3.63) is 12.3 Å². The number of aromatic nitrogens is 1. The lowest BCUT2D eigenvalue weighted by Crippen LogP contribution is -2.29. The van der Waals surface area contributed by atoms with Crippen LogP contribution in [-0.2, 0) is 0 Å². The molecule has 0 aliphatic carbocycles. The van der Waals surface area contributed by atoms with Crippen LogP contribution < -0.4 is 10.2 Å². The molecule has 0 amide bonds. The van der Waals surface area contributed by atoms with Gasteiger partial charge in [0.1, 0.15) is 0 Å². The molecule has 0 unspecified atom stereocenters. The van der Waals surface area contributed by atoms with Gasteiger partial charge in [0.2, 0.25) is 0 Å². The van der Waals surface area contributed by atoms with Crippen LogP contribution >= 0.6 is 0 Å². The second-order valence-electron chi connectivity index (χ2n) is 2.17. The van der Waals surface area contributed by atoms with Gasteiger partial charge in [0.05, 0.1) is 7.11 Å². The summed E-state index contributed by atoms with van der Waals surface area (Å²) in [6.07, 6.45) is 1.21. The summed E-state index contributed by atoms with van der Waals surface area (Å²) in [7, 11) is -0.272. The van der Waals surface area contributed by atoms with Gasteiger partial charge in [-0.05, 0) is 6.07 Å². The predicted molar refractivity (Wildman–Crippen MR) is 42.3 cm³/mol. The van der Waals surface area contributed by atoms with Crippen molar-refractivity contribution in [1.29, 1.82) is 0 Å². The highest BCUT2D eigenvalue weighted by molar-refractivity contribution is 6.58. The van der Waals surface area contributed by atoms with Crippen LogP contribution in [0.4, 0.5) is 0 Å². The topological polar surface area (TPSA) is 82.8 Å². The van der Waals surface area contributed by atoms with Gasteiger partial charge in [0, 0.05) is 11.7 Å². The molecule has 3 N–H and O–H groups in total. The third-order valence-corrected chi connectivity index (χ3v) is 1.34. The van der Waals surface area contributed by atoms with Gasteiger partial charge in [-0.3, -0.25) is 0 Å². The second-order valence-corrected chi connectivity index (χ2v) is 2.17. The fourth-order valence-electron chi connectivity index (χ4n) is 0.755. The molecule has 0 aliphatic rings. The van der Waals surface area contributed by atoms with E-state index in [9.17, 15) is 0 Å². The maximum absolute atomic E-state index is 9.13. The maximum Gasteiger partial charge on any atom is 0.490 e. The highest BCUT2D eigenvalue weighted by Gasteiger charge is 2.14. The third kappa shape index (κ3) is 1.66. The Morgan fingerprint density at radius 2 is 2.17 bits per heavy atom. The minimum absolute atomic E-state index is 0.0550. The van der Waals surface area contributed by atoms with E-state index in [2.05, 4.69) is 9.72 Å². The second kappa shape index (κ2) is 3.42. The molecule has 1 aromatic rings. The van der Waals surface area contributed by atoms with Gasteiger partial charge in [0.15, 0.2) is 5.75 Å². The molecule has 64 valence electrons. The van der Waals surface area contributed by atoms with E-state index < -0.39 is 7.12 Å². The fraction of sp³-hybridized carbons (Fsp3) is 0.167. The molecule has 0 fully saturated rings. The monoisotopic (exact) mass is 169 g/mol. The van der Waals surface area contributed by atoms with Crippen molar-refractivity contribution < 1.29 is 19.9 Å². The van der Waals surface area contributed by atoms with Crippen molar-refractivity contribution in [2.45, 2.75) is 0 Å². The average molecular weight is 169 g/mol. The Balaban J connectivity index is 3.02. The zero-order valence-electron chi connectivity index (χ0n) is 6.43. The van der Waals surface area contributed by atoms with Crippen molar-refractivity contribution in [3.63, 3.8) is 0 Å². The molecule has 12 heavy (non-hydrogen) atoms. The molecule has 0 bridgehead atoms. The molecule has 0 saturated carbocycles. The quantitative estimate of drug-likeness (QED) is 0.468. The molecule has 0 saturated heterocycles. The first-order valence-corrected chi connectivity index (χ1v) is 3.24. The summed E-state index contributed by atoms with van der Waals surface area (Å²) in [6, 6.07) is 1.18.